The van der Waals surface area contributed by atoms with Crippen LogP contribution in [0.15, 0.2) is 121 Å². The fraction of sp³-hybridized carbons (Fsp3) is 0.471. The van der Waals surface area contributed by atoms with Gasteiger partial charge in [-0.1, -0.05) is 125 Å². The molecule has 0 aromatic heterocycles. The molecule has 88 heavy (non-hydrogen) atoms. The molecule has 6 N–H and O–H groups in total. The summed E-state index contributed by atoms with van der Waals surface area (Å²) in [6, 6.07) is 30.8. The first-order chi connectivity index (χ1) is 41.3. The molecular weight excluding hydrogens is 1160 g/mol. The second-order valence-electron chi connectivity index (χ2n) is 25.3. The zero-order chi connectivity index (χ0) is 65.1. The summed E-state index contributed by atoms with van der Waals surface area (Å²) in [6.45, 7) is 16.2. The zero-order valence-corrected chi connectivity index (χ0v) is 54.8. The van der Waals surface area contributed by atoms with Gasteiger partial charge in [-0.2, -0.15) is 0 Å². The highest BCUT2D eigenvalue weighted by molar-refractivity contribution is 7.93. The Morgan fingerprint density at radius 3 is 1.09 bits per heavy atom. The Hall–Kier alpha value is -7.26. The van der Waals surface area contributed by atoms with Crippen LogP contribution in [-0.2, 0) is 64.5 Å². The molecule has 0 aliphatic heterocycles. The van der Waals surface area contributed by atoms with Gasteiger partial charge in [0.05, 0.1) is 73.4 Å². The summed E-state index contributed by atoms with van der Waals surface area (Å²) in [5.74, 6) is -6.03. The van der Waals surface area contributed by atoms with Crippen molar-refractivity contribution in [3.63, 3.8) is 0 Å². The molecule has 6 aromatic rings. The number of carbonyl (C=O) groups is 4. The van der Waals surface area contributed by atoms with Crippen LogP contribution in [0.4, 0.5) is 0 Å². The van der Waals surface area contributed by atoms with E-state index in [1.807, 2.05) is 84.9 Å². The summed E-state index contributed by atoms with van der Waals surface area (Å²) in [4.78, 5) is 59.7. The van der Waals surface area contributed by atoms with Crippen LogP contribution in [0.25, 0.3) is 21.5 Å². The molecule has 0 heterocycles. The first kappa shape index (κ1) is 69.8. The Kier molecular flexibility index (Phi) is 23.7. The van der Waals surface area contributed by atoms with Gasteiger partial charge in [-0.3, -0.25) is 19.2 Å². The smallest absolute Gasteiger partial charge is 0.243 e. The molecule has 8 atom stereocenters. The molecule has 0 saturated heterocycles. The van der Waals surface area contributed by atoms with E-state index in [0.717, 1.165) is 32.7 Å². The molecule has 0 unspecified atom stereocenters. The molecule has 0 fully saturated rings. The molecule has 0 bridgehead atoms. The number of carbonyl (C=O) groups excluding carboxylic acids is 4. The largest absolute Gasteiger partial charge is 0.497 e. The van der Waals surface area contributed by atoms with Gasteiger partial charge in [0.2, 0.25) is 23.6 Å². The van der Waals surface area contributed by atoms with Crippen molar-refractivity contribution in [2.24, 2.45) is 23.7 Å². The van der Waals surface area contributed by atoms with Crippen LogP contribution in [0.5, 0.6) is 23.0 Å². The fourth-order valence-corrected chi connectivity index (χ4v) is 13.2. The van der Waals surface area contributed by atoms with E-state index < -0.39 is 124 Å². The Morgan fingerprint density at radius 2 is 0.773 bits per heavy atom. The number of amides is 4. The number of methoxy groups -OCH3 is 4. The van der Waals surface area contributed by atoms with Gasteiger partial charge >= 0.3 is 0 Å². The molecule has 18 nitrogen and oxygen atoms in total. The summed E-state index contributed by atoms with van der Waals surface area (Å²) >= 11 is 0. The van der Waals surface area contributed by atoms with E-state index in [-0.39, 0.29) is 25.7 Å². The SMILES string of the molecule is COc1ccc(C[C@H](NC(=O)[C@@H](NC(=O)[C@H](Cc2cccc3ccccc23)CS(=O)(=O)C(C)(C)C)C(C)C)[C@@H](O)[C@H](O)[C@H](Cc2ccc(OC)cc2OC)NC(=O)[C@@H](NC(=O)[C@H](Cc2cccc3ccccc23)CS(=O)(=O)C(C)(C)C)C(C)C)c(OC)c1. The van der Waals surface area contributed by atoms with Crippen LogP contribution in [-0.4, -0.2) is 136 Å². The van der Waals surface area contributed by atoms with Gasteiger partial charge in [-0.25, -0.2) is 16.8 Å². The van der Waals surface area contributed by atoms with Crippen LogP contribution in [0.1, 0.15) is 91.5 Å². The summed E-state index contributed by atoms with van der Waals surface area (Å²) in [6.07, 6.45) is -4.20. The summed E-state index contributed by atoms with van der Waals surface area (Å²) in [7, 11) is -1.99. The van der Waals surface area contributed by atoms with Crippen molar-refractivity contribution in [2.75, 3.05) is 39.9 Å². The first-order valence-electron chi connectivity index (χ1n) is 29.7. The predicted molar refractivity (Wildman–Crippen MR) is 345 cm³/mol. The lowest BCUT2D eigenvalue weighted by molar-refractivity contribution is -0.134. The lowest BCUT2D eigenvalue weighted by Gasteiger charge is -2.35. The number of fused-ring (bicyclic) bond motifs is 2. The van der Waals surface area contributed by atoms with Gasteiger partial charge in [0.1, 0.15) is 47.3 Å². The lowest BCUT2D eigenvalue weighted by Crippen LogP contribution is -2.62. The highest BCUT2D eigenvalue weighted by Crippen LogP contribution is 2.32. The third-order valence-electron chi connectivity index (χ3n) is 16.3. The molecule has 0 aliphatic rings. The molecule has 6 aromatic carbocycles. The number of sulfone groups is 2. The van der Waals surface area contributed by atoms with E-state index in [2.05, 4.69) is 21.3 Å². The number of nitrogens with one attached hydrogen (secondary N) is 4. The van der Waals surface area contributed by atoms with E-state index in [9.17, 15) is 36.6 Å². The fourth-order valence-electron chi connectivity index (χ4n) is 10.6. The van der Waals surface area contributed by atoms with Crippen LogP contribution < -0.4 is 40.2 Å². The number of rotatable bonds is 29. The van der Waals surface area contributed by atoms with Crippen LogP contribution in [0.2, 0.25) is 0 Å². The van der Waals surface area contributed by atoms with Gasteiger partial charge in [0.25, 0.3) is 0 Å². The third kappa shape index (κ3) is 17.5. The van der Waals surface area contributed by atoms with Crippen LogP contribution >= 0.6 is 0 Å². The number of hydrogen-bond donors (Lipinski definition) is 6. The second-order valence-corrected chi connectivity index (χ2v) is 30.9. The van der Waals surface area contributed by atoms with E-state index in [4.69, 9.17) is 18.9 Å². The molecular formula is C68H90N4O14S2. The first-order valence-corrected chi connectivity index (χ1v) is 33.0. The summed E-state index contributed by atoms with van der Waals surface area (Å²) < 4.78 is 75.8. The van der Waals surface area contributed by atoms with Gasteiger partial charge in [-0.15, -0.1) is 0 Å². The van der Waals surface area contributed by atoms with Crippen LogP contribution in [0.3, 0.4) is 0 Å². The Bertz CT molecular complexity index is 3390. The van der Waals surface area contributed by atoms with Gasteiger partial charge < -0.3 is 50.4 Å². The maximum absolute atomic E-state index is 15.1. The zero-order valence-electron chi connectivity index (χ0n) is 53.2. The van der Waals surface area contributed by atoms with Crippen LogP contribution in [0, 0.1) is 23.7 Å². The number of aliphatic hydroxyl groups excluding tert-OH is 2. The summed E-state index contributed by atoms with van der Waals surface area (Å²) in [5, 5.41) is 40.7. The number of aliphatic hydroxyl groups is 2. The third-order valence-corrected chi connectivity index (χ3v) is 21.7. The number of benzene rings is 6. The van der Waals surface area contributed by atoms with Crippen molar-refractivity contribution >= 4 is 64.8 Å². The molecule has 20 heteroatoms. The normalized spacial score (nSPS) is 15.1. The van der Waals surface area contributed by atoms with Crippen molar-refractivity contribution in [1.82, 2.24) is 21.3 Å². The van der Waals surface area contributed by atoms with E-state index in [1.165, 1.54) is 28.4 Å². The molecule has 4 amide bonds. The highest BCUT2D eigenvalue weighted by atomic mass is 32.2. The minimum absolute atomic E-state index is 0.0258. The van der Waals surface area contributed by atoms with Gasteiger partial charge in [0.15, 0.2) is 19.7 Å². The van der Waals surface area contributed by atoms with Crippen molar-refractivity contribution in [2.45, 2.75) is 141 Å². The Labute approximate surface area is 519 Å². The maximum Gasteiger partial charge on any atom is 0.243 e. The Morgan fingerprint density at radius 1 is 0.432 bits per heavy atom. The lowest BCUT2D eigenvalue weighted by atomic mass is 9.89. The molecule has 6 rings (SSSR count). The minimum atomic E-state index is -3.91. The molecule has 478 valence electrons. The maximum atomic E-state index is 15.1. The standard InChI is InChI=1S/C68H90N4O14S2/c1-41(2)59(71-63(75)49(39-87(79,80)67(5,6)7)33-45-25-19-23-43-21-15-17-27-53(43)45)65(77)69-55(35-47-29-31-51(83-11)37-57(47)85-13)61(73)62(74)56(36-48-30-32-52(84-12)38-58(48)86-14)70-66(78)60(42(3)4)72-64(76)50(40-88(81,82)68(8,9)10)34-46-26-20-24-44-22-16-18-28-54(44)46/h15-32,37-38,41-42,49-50,55-56,59-62,73-74H,33-36,39-40H2,1-14H3,(H,69,77)(H,70,78)(H,71,75)(H,72,76)/t49-,50-,55+,56+,59+,60+,61-,62-/m1/s1. The molecule has 0 saturated carbocycles. The molecule has 0 aliphatic carbocycles. The van der Waals surface area contributed by atoms with Crippen molar-refractivity contribution in [1.29, 1.82) is 0 Å². The average molecular weight is 1250 g/mol. The number of hydrogen-bond acceptors (Lipinski definition) is 14. The summed E-state index contributed by atoms with van der Waals surface area (Å²) in [5.41, 5.74) is 2.39. The second kappa shape index (κ2) is 29.8. The van der Waals surface area contributed by atoms with Crippen molar-refractivity contribution in [3.8, 4) is 23.0 Å². The van der Waals surface area contributed by atoms with E-state index in [0.29, 0.717) is 34.1 Å². The van der Waals surface area contributed by atoms with Gasteiger partial charge in [-0.05, 0) is 135 Å². The van der Waals surface area contributed by atoms with Gasteiger partial charge in [0, 0.05) is 12.1 Å². The molecule has 0 spiro atoms. The Balaban J connectivity index is 1.38. The quantitative estimate of drug-likeness (QED) is 0.0261. The number of ether oxygens (including phenoxy) is 4. The average Bonchev–Trinajstić information content (AvgIpc) is 3.60. The molecule has 0 radical (unpaired) electrons. The minimum Gasteiger partial charge on any atom is -0.497 e. The van der Waals surface area contributed by atoms with E-state index in [1.54, 1.807) is 106 Å². The highest BCUT2D eigenvalue weighted by Gasteiger charge is 2.42. The van der Waals surface area contributed by atoms with Crippen molar-refractivity contribution < 1.29 is 65.2 Å². The predicted octanol–water partition coefficient (Wildman–Crippen LogP) is 7.93. The monoisotopic (exact) mass is 1250 g/mol. The van der Waals surface area contributed by atoms with Crippen molar-refractivity contribution in [3.05, 3.63) is 144 Å². The van der Waals surface area contributed by atoms with E-state index >= 15 is 9.59 Å². The topological polar surface area (TPSA) is 262 Å².